The fraction of sp³-hybridized carbons (Fsp3) is 0.375. The molecule has 2 rings (SSSR count). The third kappa shape index (κ3) is 5.52. The molecule has 112 valence electrons. The van der Waals surface area contributed by atoms with Crippen molar-refractivity contribution in [3.8, 4) is 0 Å². The van der Waals surface area contributed by atoms with Gasteiger partial charge in [0.2, 0.25) is 5.91 Å². The zero-order valence-electron chi connectivity index (χ0n) is 12.3. The number of aryl methyl sites for hydroxylation is 1. The summed E-state index contributed by atoms with van der Waals surface area (Å²) in [7, 11) is 0. The van der Waals surface area contributed by atoms with Gasteiger partial charge in [-0.1, -0.05) is 30.3 Å². The van der Waals surface area contributed by atoms with Gasteiger partial charge in [-0.05, 0) is 19.4 Å². The van der Waals surface area contributed by atoms with Gasteiger partial charge >= 0.3 is 0 Å². The lowest BCUT2D eigenvalue weighted by Gasteiger charge is -2.11. The number of rotatable bonds is 7. The molecular formula is C16H20N2OS2. The molecule has 0 aliphatic heterocycles. The molecule has 0 bridgehead atoms. The molecule has 0 aliphatic carbocycles. The minimum atomic E-state index is -0.0395. The van der Waals surface area contributed by atoms with Gasteiger partial charge in [-0.25, -0.2) is 4.98 Å². The molecule has 1 amide bonds. The molecule has 0 radical (unpaired) electrons. The van der Waals surface area contributed by atoms with E-state index in [-0.39, 0.29) is 11.2 Å². The van der Waals surface area contributed by atoms with Crippen LogP contribution in [0, 0.1) is 6.92 Å². The third-order valence-electron chi connectivity index (χ3n) is 3.06. The lowest BCUT2D eigenvalue weighted by molar-refractivity contribution is -0.120. The number of thioether (sulfide) groups is 1. The molecule has 1 N–H and O–H groups in total. The summed E-state index contributed by atoms with van der Waals surface area (Å²) in [4.78, 5) is 16.4. The summed E-state index contributed by atoms with van der Waals surface area (Å²) in [5.41, 5.74) is 2.31. The molecular weight excluding hydrogens is 300 g/mol. The average molecular weight is 320 g/mol. The third-order valence-corrected chi connectivity index (χ3v) is 5.10. The van der Waals surface area contributed by atoms with Crippen molar-refractivity contribution in [3.05, 3.63) is 52.0 Å². The van der Waals surface area contributed by atoms with E-state index in [0.717, 1.165) is 22.9 Å². The Morgan fingerprint density at radius 2 is 2.14 bits per heavy atom. The number of carbonyl (C=O) groups is 1. The molecule has 1 aromatic heterocycles. The molecule has 21 heavy (non-hydrogen) atoms. The van der Waals surface area contributed by atoms with Crippen LogP contribution in [0.2, 0.25) is 0 Å². The van der Waals surface area contributed by atoms with Gasteiger partial charge in [-0.15, -0.1) is 23.1 Å². The van der Waals surface area contributed by atoms with Crippen LogP contribution in [0.3, 0.4) is 0 Å². The molecule has 0 fully saturated rings. The van der Waals surface area contributed by atoms with E-state index in [2.05, 4.69) is 27.8 Å². The lowest BCUT2D eigenvalue weighted by Crippen LogP contribution is -2.32. The predicted octanol–water partition coefficient (Wildman–Crippen LogP) is 3.43. The van der Waals surface area contributed by atoms with E-state index >= 15 is 0 Å². The maximum absolute atomic E-state index is 12.0. The van der Waals surface area contributed by atoms with Crippen LogP contribution in [0.25, 0.3) is 0 Å². The second-order valence-electron chi connectivity index (χ2n) is 4.84. The highest BCUT2D eigenvalue weighted by Crippen LogP contribution is 2.17. The van der Waals surface area contributed by atoms with Gasteiger partial charge in [0, 0.05) is 24.1 Å². The van der Waals surface area contributed by atoms with Crippen molar-refractivity contribution in [2.45, 2.75) is 31.3 Å². The summed E-state index contributed by atoms with van der Waals surface area (Å²) in [5.74, 6) is 0.962. The van der Waals surface area contributed by atoms with Crippen molar-refractivity contribution >= 4 is 29.0 Å². The normalized spacial score (nSPS) is 12.1. The first-order chi connectivity index (χ1) is 10.1. The fourth-order valence-corrected chi connectivity index (χ4v) is 3.37. The number of nitrogens with zero attached hydrogens (tertiary/aromatic N) is 1. The van der Waals surface area contributed by atoms with E-state index in [0.29, 0.717) is 6.54 Å². The molecule has 0 spiro atoms. The van der Waals surface area contributed by atoms with Crippen LogP contribution in [0.15, 0.2) is 35.7 Å². The first-order valence-electron chi connectivity index (χ1n) is 6.99. The zero-order chi connectivity index (χ0) is 15.1. The Morgan fingerprint density at radius 3 is 2.81 bits per heavy atom. The Hall–Kier alpha value is -1.33. The van der Waals surface area contributed by atoms with Crippen LogP contribution in [0.4, 0.5) is 0 Å². The standard InChI is InChI=1S/C16H20N2OS2/c1-12(20-10-14-6-4-3-5-7-14)16(19)17-9-8-15-11-21-13(2)18-15/h3-7,11-12H,8-10H2,1-2H3,(H,17,19). The van der Waals surface area contributed by atoms with E-state index in [1.807, 2.05) is 32.0 Å². The number of hydrogen-bond donors (Lipinski definition) is 1. The molecule has 1 unspecified atom stereocenters. The predicted molar refractivity (Wildman–Crippen MR) is 90.8 cm³/mol. The van der Waals surface area contributed by atoms with Gasteiger partial charge in [0.1, 0.15) is 0 Å². The molecule has 1 aromatic carbocycles. The smallest absolute Gasteiger partial charge is 0.232 e. The molecule has 1 heterocycles. The molecule has 0 aliphatic rings. The second-order valence-corrected chi connectivity index (χ2v) is 7.23. The minimum absolute atomic E-state index is 0.0395. The number of nitrogens with one attached hydrogen (secondary N) is 1. The number of carbonyl (C=O) groups excluding carboxylic acids is 1. The molecule has 3 nitrogen and oxygen atoms in total. The first kappa shape index (κ1) is 16.0. The maximum atomic E-state index is 12.0. The van der Waals surface area contributed by atoms with Crippen molar-refractivity contribution in [2.24, 2.45) is 0 Å². The van der Waals surface area contributed by atoms with Crippen LogP contribution in [-0.2, 0) is 17.0 Å². The summed E-state index contributed by atoms with van der Waals surface area (Å²) in [6.45, 7) is 4.60. The Balaban J connectivity index is 1.67. The van der Waals surface area contributed by atoms with Crippen molar-refractivity contribution in [3.63, 3.8) is 0 Å². The summed E-state index contributed by atoms with van der Waals surface area (Å²) in [6, 6.07) is 10.2. The van der Waals surface area contributed by atoms with E-state index in [1.54, 1.807) is 23.1 Å². The second kappa shape index (κ2) is 8.20. The van der Waals surface area contributed by atoms with Crippen LogP contribution in [-0.4, -0.2) is 22.7 Å². The van der Waals surface area contributed by atoms with Crippen molar-refractivity contribution in [2.75, 3.05) is 6.54 Å². The van der Waals surface area contributed by atoms with E-state index in [4.69, 9.17) is 0 Å². The minimum Gasteiger partial charge on any atom is -0.355 e. The summed E-state index contributed by atoms with van der Waals surface area (Å²) < 4.78 is 0. The number of aromatic nitrogens is 1. The van der Waals surface area contributed by atoms with Gasteiger partial charge in [0.25, 0.3) is 0 Å². The highest BCUT2D eigenvalue weighted by atomic mass is 32.2. The van der Waals surface area contributed by atoms with Crippen molar-refractivity contribution in [1.82, 2.24) is 10.3 Å². The van der Waals surface area contributed by atoms with Crippen LogP contribution < -0.4 is 5.32 Å². The van der Waals surface area contributed by atoms with E-state index in [9.17, 15) is 4.79 Å². The topological polar surface area (TPSA) is 42.0 Å². The molecule has 1 atom stereocenters. The number of hydrogen-bond acceptors (Lipinski definition) is 4. The molecule has 0 saturated carbocycles. The maximum Gasteiger partial charge on any atom is 0.232 e. The SMILES string of the molecule is Cc1nc(CCNC(=O)C(C)SCc2ccccc2)cs1. The van der Waals surface area contributed by atoms with Gasteiger partial charge < -0.3 is 5.32 Å². The zero-order valence-corrected chi connectivity index (χ0v) is 14.0. The largest absolute Gasteiger partial charge is 0.355 e. The monoisotopic (exact) mass is 320 g/mol. The van der Waals surface area contributed by atoms with Crippen molar-refractivity contribution in [1.29, 1.82) is 0 Å². The van der Waals surface area contributed by atoms with Gasteiger partial charge in [-0.3, -0.25) is 4.79 Å². The van der Waals surface area contributed by atoms with Gasteiger partial charge in [0.15, 0.2) is 0 Å². The van der Waals surface area contributed by atoms with Crippen LogP contribution >= 0.6 is 23.1 Å². The van der Waals surface area contributed by atoms with Crippen LogP contribution in [0.1, 0.15) is 23.2 Å². The van der Waals surface area contributed by atoms with E-state index < -0.39 is 0 Å². The summed E-state index contributed by atoms with van der Waals surface area (Å²) >= 11 is 3.31. The molecule has 2 aromatic rings. The van der Waals surface area contributed by atoms with Gasteiger partial charge in [0.05, 0.1) is 16.0 Å². The summed E-state index contributed by atoms with van der Waals surface area (Å²) in [6.07, 6.45) is 0.798. The quantitative estimate of drug-likeness (QED) is 0.850. The first-order valence-corrected chi connectivity index (χ1v) is 8.92. The lowest BCUT2D eigenvalue weighted by atomic mass is 10.2. The van der Waals surface area contributed by atoms with Crippen LogP contribution in [0.5, 0.6) is 0 Å². The molecule has 0 saturated heterocycles. The van der Waals surface area contributed by atoms with E-state index in [1.165, 1.54) is 5.56 Å². The number of thiazole rings is 1. The van der Waals surface area contributed by atoms with Gasteiger partial charge in [-0.2, -0.15) is 0 Å². The Bertz CT molecular complexity index is 569. The number of amides is 1. The summed E-state index contributed by atoms with van der Waals surface area (Å²) in [5, 5.41) is 6.06. The Kier molecular flexibility index (Phi) is 6.26. The fourth-order valence-electron chi connectivity index (χ4n) is 1.85. The highest BCUT2D eigenvalue weighted by Gasteiger charge is 2.12. The van der Waals surface area contributed by atoms with Crippen molar-refractivity contribution < 1.29 is 4.79 Å². The average Bonchev–Trinajstić information content (AvgIpc) is 2.91. The molecule has 5 heteroatoms. The highest BCUT2D eigenvalue weighted by molar-refractivity contribution is 7.99. The Labute approximate surface area is 134 Å². The number of benzene rings is 1. The Morgan fingerprint density at radius 1 is 1.38 bits per heavy atom.